The molecule has 0 saturated carbocycles. The van der Waals surface area contributed by atoms with Crippen molar-refractivity contribution in [2.75, 3.05) is 19.5 Å². The SMILES string of the molecule is CNc1nc(C(=O)c2cn(Cc3ccc(OC)cc3)c3ncc(-c4ccc(Cl)cc4)cc23)cs1. The normalized spacial score (nSPS) is 11.0. The molecule has 0 amide bonds. The fourth-order valence-corrected chi connectivity index (χ4v) is 4.61. The van der Waals surface area contributed by atoms with Gasteiger partial charge in [-0.3, -0.25) is 4.79 Å². The summed E-state index contributed by atoms with van der Waals surface area (Å²) in [6.45, 7) is 0.569. The number of anilines is 1. The van der Waals surface area contributed by atoms with Gasteiger partial charge in [-0.25, -0.2) is 9.97 Å². The molecule has 34 heavy (non-hydrogen) atoms. The van der Waals surface area contributed by atoms with Crippen LogP contribution in [0.25, 0.3) is 22.2 Å². The first-order chi connectivity index (χ1) is 16.6. The average molecular weight is 489 g/mol. The average Bonchev–Trinajstić information content (AvgIpc) is 3.49. The van der Waals surface area contributed by atoms with Gasteiger partial charge in [0.25, 0.3) is 0 Å². The Balaban J connectivity index is 1.61. The predicted octanol–water partition coefficient (Wildman–Crippen LogP) is 6.14. The van der Waals surface area contributed by atoms with Crippen molar-refractivity contribution < 1.29 is 9.53 Å². The number of aromatic nitrogens is 3. The van der Waals surface area contributed by atoms with E-state index >= 15 is 0 Å². The molecule has 8 heteroatoms. The molecule has 0 fully saturated rings. The Morgan fingerprint density at radius 3 is 2.56 bits per heavy atom. The Kier molecular flexibility index (Phi) is 6.04. The summed E-state index contributed by atoms with van der Waals surface area (Å²) in [6, 6.07) is 17.5. The quantitative estimate of drug-likeness (QED) is 0.278. The summed E-state index contributed by atoms with van der Waals surface area (Å²) in [5, 5.41) is 6.92. The van der Waals surface area contributed by atoms with Gasteiger partial charge in [0, 0.05) is 47.3 Å². The molecule has 0 radical (unpaired) electrons. The molecule has 0 atom stereocenters. The topological polar surface area (TPSA) is 69.0 Å². The molecule has 0 bridgehead atoms. The minimum absolute atomic E-state index is 0.133. The second kappa shape index (κ2) is 9.29. The highest BCUT2D eigenvalue weighted by Gasteiger charge is 2.21. The predicted molar refractivity (Wildman–Crippen MR) is 137 cm³/mol. The lowest BCUT2D eigenvalue weighted by atomic mass is 10.0. The minimum atomic E-state index is -0.133. The van der Waals surface area contributed by atoms with Gasteiger partial charge in [0.05, 0.1) is 12.7 Å². The molecule has 0 saturated heterocycles. The van der Waals surface area contributed by atoms with Crippen molar-refractivity contribution >= 4 is 44.9 Å². The van der Waals surface area contributed by atoms with Gasteiger partial charge in [-0.1, -0.05) is 35.9 Å². The van der Waals surface area contributed by atoms with Crippen LogP contribution in [0.15, 0.2) is 72.4 Å². The van der Waals surface area contributed by atoms with Crippen molar-refractivity contribution in [3.8, 4) is 16.9 Å². The Labute approximate surface area is 205 Å². The number of thiazole rings is 1. The number of hydrogen-bond acceptors (Lipinski definition) is 6. The maximum absolute atomic E-state index is 13.5. The summed E-state index contributed by atoms with van der Waals surface area (Å²) < 4.78 is 7.27. The number of carbonyl (C=O) groups excluding carboxylic acids is 1. The van der Waals surface area contributed by atoms with Crippen LogP contribution in [0.3, 0.4) is 0 Å². The van der Waals surface area contributed by atoms with E-state index in [9.17, 15) is 4.79 Å². The third-order valence-corrected chi connectivity index (χ3v) is 6.71. The molecule has 5 rings (SSSR count). The molecule has 0 aliphatic rings. The van der Waals surface area contributed by atoms with Gasteiger partial charge in [0.1, 0.15) is 17.1 Å². The number of nitrogens with zero attached hydrogens (tertiary/aromatic N) is 3. The number of ketones is 1. The monoisotopic (exact) mass is 488 g/mol. The number of hydrogen-bond donors (Lipinski definition) is 1. The largest absolute Gasteiger partial charge is 0.497 e. The van der Waals surface area contributed by atoms with E-state index < -0.39 is 0 Å². The van der Waals surface area contributed by atoms with E-state index in [1.54, 1.807) is 19.5 Å². The van der Waals surface area contributed by atoms with Crippen LogP contribution < -0.4 is 10.1 Å². The fourth-order valence-electron chi connectivity index (χ4n) is 3.83. The summed E-state index contributed by atoms with van der Waals surface area (Å²) in [7, 11) is 3.43. The first kappa shape index (κ1) is 22.1. The summed E-state index contributed by atoms with van der Waals surface area (Å²) >= 11 is 7.46. The van der Waals surface area contributed by atoms with Gasteiger partial charge in [-0.15, -0.1) is 11.3 Å². The van der Waals surface area contributed by atoms with Crippen LogP contribution in [0.4, 0.5) is 5.13 Å². The van der Waals surface area contributed by atoms with E-state index in [2.05, 4.69) is 10.3 Å². The van der Waals surface area contributed by atoms with Gasteiger partial charge in [-0.2, -0.15) is 0 Å². The summed E-state index contributed by atoms with van der Waals surface area (Å²) in [5.41, 5.74) is 4.68. The Bertz CT molecular complexity index is 1470. The zero-order valence-electron chi connectivity index (χ0n) is 18.6. The highest BCUT2D eigenvalue weighted by molar-refractivity contribution is 7.13. The summed E-state index contributed by atoms with van der Waals surface area (Å²) in [5.74, 6) is 0.665. The molecule has 6 nitrogen and oxygen atoms in total. The maximum atomic E-state index is 13.5. The molecule has 2 aromatic carbocycles. The lowest BCUT2D eigenvalue weighted by Gasteiger charge is -2.07. The molecule has 170 valence electrons. The standard InChI is InChI=1S/C26H21ClN4O2S/c1-28-26-30-23(15-34-26)24(32)22-14-31(13-16-3-9-20(33-2)10-4-16)25-21(22)11-18(12-29-25)17-5-7-19(27)8-6-17/h3-12,14-15H,13H2,1-2H3,(H,28,30). The zero-order chi connectivity index (χ0) is 23.7. The zero-order valence-corrected chi connectivity index (χ0v) is 20.2. The first-order valence-corrected chi connectivity index (χ1v) is 11.9. The van der Waals surface area contributed by atoms with Crippen LogP contribution >= 0.6 is 22.9 Å². The van der Waals surface area contributed by atoms with E-state index in [0.717, 1.165) is 33.5 Å². The number of rotatable bonds is 7. The van der Waals surface area contributed by atoms with Gasteiger partial charge >= 0.3 is 0 Å². The van der Waals surface area contributed by atoms with Crippen molar-refractivity contribution in [1.29, 1.82) is 0 Å². The van der Waals surface area contributed by atoms with E-state index in [4.69, 9.17) is 21.3 Å². The molecule has 0 spiro atoms. The van der Waals surface area contributed by atoms with Crippen LogP contribution in [-0.4, -0.2) is 34.5 Å². The van der Waals surface area contributed by atoms with Crippen LogP contribution in [0.5, 0.6) is 5.75 Å². The number of methoxy groups -OCH3 is 1. The van der Waals surface area contributed by atoms with Crippen LogP contribution in [0.2, 0.25) is 5.02 Å². The number of fused-ring (bicyclic) bond motifs is 1. The molecule has 0 unspecified atom stereocenters. The second-order valence-corrected chi connectivity index (χ2v) is 9.03. The van der Waals surface area contributed by atoms with Gasteiger partial charge in [0.15, 0.2) is 5.13 Å². The van der Waals surface area contributed by atoms with Crippen LogP contribution in [0, 0.1) is 0 Å². The highest BCUT2D eigenvalue weighted by atomic mass is 35.5. The Hall–Kier alpha value is -3.68. The molecule has 0 aliphatic carbocycles. The van der Waals surface area contributed by atoms with Crippen molar-refractivity contribution in [2.24, 2.45) is 0 Å². The fraction of sp³-hybridized carbons (Fsp3) is 0.115. The second-order valence-electron chi connectivity index (χ2n) is 7.74. The molecular weight excluding hydrogens is 468 g/mol. The summed E-state index contributed by atoms with van der Waals surface area (Å²) in [6.07, 6.45) is 3.70. The number of ether oxygens (including phenoxy) is 1. The van der Waals surface area contributed by atoms with Crippen molar-refractivity contribution in [1.82, 2.24) is 14.5 Å². The van der Waals surface area contributed by atoms with E-state index in [1.807, 2.05) is 71.6 Å². The number of benzene rings is 2. The van der Waals surface area contributed by atoms with E-state index in [-0.39, 0.29) is 5.78 Å². The highest BCUT2D eigenvalue weighted by Crippen LogP contribution is 2.30. The lowest BCUT2D eigenvalue weighted by molar-refractivity contribution is 0.103. The number of carbonyl (C=O) groups is 1. The van der Waals surface area contributed by atoms with E-state index in [0.29, 0.717) is 28.0 Å². The van der Waals surface area contributed by atoms with Gasteiger partial charge in [-0.05, 0) is 41.5 Å². The van der Waals surface area contributed by atoms with E-state index in [1.165, 1.54) is 11.3 Å². The van der Waals surface area contributed by atoms with Gasteiger partial charge < -0.3 is 14.6 Å². The number of halogens is 1. The third-order valence-electron chi connectivity index (χ3n) is 5.60. The molecule has 5 aromatic rings. The first-order valence-electron chi connectivity index (χ1n) is 10.6. The smallest absolute Gasteiger partial charge is 0.214 e. The minimum Gasteiger partial charge on any atom is -0.497 e. The van der Waals surface area contributed by atoms with Crippen LogP contribution in [-0.2, 0) is 6.54 Å². The number of nitrogens with one attached hydrogen (secondary N) is 1. The number of pyridine rings is 1. The summed E-state index contributed by atoms with van der Waals surface area (Å²) in [4.78, 5) is 22.6. The van der Waals surface area contributed by atoms with Crippen molar-refractivity contribution in [3.63, 3.8) is 0 Å². The molecule has 3 heterocycles. The lowest BCUT2D eigenvalue weighted by Crippen LogP contribution is -2.02. The molecular formula is C26H21ClN4O2S. The Morgan fingerprint density at radius 2 is 1.88 bits per heavy atom. The molecule has 3 aromatic heterocycles. The molecule has 0 aliphatic heterocycles. The van der Waals surface area contributed by atoms with Crippen LogP contribution in [0.1, 0.15) is 21.6 Å². The maximum Gasteiger partial charge on any atom is 0.214 e. The van der Waals surface area contributed by atoms with Gasteiger partial charge in [0.2, 0.25) is 5.78 Å². The molecule has 1 N–H and O–H groups in total. The third kappa shape index (κ3) is 4.27. The van der Waals surface area contributed by atoms with Crippen molar-refractivity contribution in [2.45, 2.75) is 6.54 Å². The Morgan fingerprint density at radius 1 is 1.12 bits per heavy atom. The van der Waals surface area contributed by atoms with Crippen molar-refractivity contribution in [3.05, 3.63) is 94.2 Å².